The highest BCUT2D eigenvalue weighted by atomic mass is 31.2. The van der Waals surface area contributed by atoms with Gasteiger partial charge in [0.15, 0.2) is 12.2 Å². The number of unbranched alkanes of at least 4 members (excludes halogenated alkanes) is 38. The molecule has 0 heterocycles. The van der Waals surface area contributed by atoms with Crippen LogP contribution >= 0.6 is 15.6 Å². The summed E-state index contributed by atoms with van der Waals surface area (Å²) in [7, 11) is -9.93. The number of hydrogen-bond acceptors (Lipinski definition) is 15. The SMILES string of the molecule is CCCCC/C=C\C/C=C\CCCCCCCC(=O)OCC(COP(=O)(O)OCC(O)COP(=O)(O)OCC(COC(=O)CCCCCCC/C=C\CCCCCC)OC(=O)CCCCCCC/C=C\CCCCCC)OC(=O)CCCCCCCCCCCCCCC. The highest BCUT2D eigenvalue weighted by Gasteiger charge is 2.30. The predicted molar refractivity (Wildman–Crippen MR) is 381 cm³/mol. The first kappa shape index (κ1) is 91.0. The maximum absolute atomic E-state index is 13.1. The molecule has 17 nitrogen and oxygen atoms in total. The van der Waals surface area contributed by atoms with E-state index in [2.05, 4.69) is 76.3 Å². The van der Waals surface area contributed by atoms with E-state index in [-0.39, 0.29) is 25.7 Å². The number of carbonyl (C=O) groups excluding carboxylic acids is 4. The van der Waals surface area contributed by atoms with Gasteiger partial charge in [-0.3, -0.25) is 37.3 Å². The highest BCUT2D eigenvalue weighted by Crippen LogP contribution is 2.45. The molecule has 5 atom stereocenters. The van der Waals surface area contributed by atoms with Crippen molar-refractivity contribution in [3.05, 3.63) is 48.6 Å². The Morgan fingerprint density at radius 1 is 0.298 bits per heavy atom. The molecule has 0 radical (unpaired) electrons. The standard InChI is InChI=1S/C75H138O17P2/c1-5-9-13-17-21-25-29-33-34-38-40-44-48-52-56-60-73(78)86-66-71(92-75(80)62-58-54-50-46-42-37-32-28-24-20-16-12-8-4)68-90-94(83,84)88-64-69(76)63-87-93(81,82)89-67-70(91-74(79)61-57-53-49-45-41-36-31-27-23-19-15-11-7-3)65-85-72(77)59-55-51-47-43-39-35-30-26-22-18-14-10-6-2/h21,25-27,30-31,33-34,69-71,76H,5-20,22-24,28-29,32,35-68H2,1-4H3,(H,81,82)(H,83,84)/b25-21-,30-26-,31-27-,34-33-. The summed E-state index contributed by atoms with van der Waals surface area (Å²) < 4.78 is 68.4. The third kappa shape index (κ3) is 67.6. The molecule has 94 heavy (non-hydrogen) atoms. The largest absolute Gasteiger partial charge is 0.472 e. The Labute approximate surface area is 572 Å². The lowest BCUT2D eigenvalue weighted by molar-refractivity contribution is -0.161. The Morgan fingerprint density at radius 3 is 0.830 bits per heavy atom. The number of aliphatic hydroxyl groups is 1. The van der Waals surface area contributed by atoms with Crippen LogP contribution in [0.15, 0.2) is 48.6 Å². The number of phosphoric ester groups is 2. The van der Waals surface area contributed by atoms with E-state index in [0.717, 1.165) is 148 Å². The van der Waals surface area contributed by atoms with Gasteiger partial charge < -0.3 is 33.8 Å². The van der Waals surface area contributed by atoms with Crippen molar-refractivity contribution in [1.82, 2.24) is 0 Å². The number of carbonyl (C=O) groups is 4. The third-order valence-electron chi connectivity index (χ3n) is 16.3. The first-order chi connectivity index (χ1) is 45.7. The van der Waals surface area contributed by atoms with Crippen LogP contribution in [-0.2, 0) is 65.4 Å². The molecule has 0 aromatic heterocycles. The first-order valence-corrected chi connectivity index (χ1v) is 40.9. The van der Waals surface area contributed by atoms with Crippen molar-refractivity contribution in [1.29, 1.82) is 0 Å². The van der Waals surface area contributed by atoms with Crippen molar-refractivity contribution < 1.29 is 80.2 Å². The van der Waals surface area contributed by atoms with E-state index in [1.54, 1.807) is 0 Å². The molecule has 5 unspecified atom stereocenters. The van der Waals surface area contributed by atoms with E-state index in [9.17, 15) is 43.2 Å². The molecule has 0 aromatic carbocycles. The van der Waals surface area contributed by atoms with Crippen LogP contribution in [0.5, 0.6) is 0 Å². The molecule has 0 saturated heterocycles. The molecule has 0 aliphatic rings. The molecule has 0 saturated carbocycles. The topological polar surface area (TPSA) is 237 Å². The maximum Gasteiger partial charge on any atom is 0.472 e. The van der Waals surface area contributed by atoms with Crippen molar-refractivity contribution in [2.24, 2.45) is 0 Å². The summed E-state index contributed by atoms with van der Waals surface area (Å²) in [6.07, 6.45) is 63.8. The van der Waals surface area contributed by atoms with Crippen molar-refractivity contribution >= 4 is 39.5 Å². The lowest BCUT2D eigenvalue weighted by Gasteiger charge is -2.21. The van der Waals surface area contributed by atoms with Crippen molar-refractivity contribution in [3.63, 3.8) is 0 Å². The van der Waals surface area contributed by atoms with Crippen LogP contribution in [0.2, 0.25) is 0 Å². The van der Waals surface area contributed by atoms with Gasteiger partial charge >= 0.3 is 39.5 Å². The monoisotopic (exact) mass is 1370 g/mol. The lowest BCUT2D eigenvalue weighted by atomic mass is 10.0. The van der Waals surface area contributed by atoms with Gasteiger partial charge in [-0.15, -0.1) is 0 Å². The quantitative estimate of drug-likeness (QED) is 0.0169. The van der Waals surface area contributed by atoms with Gasteiger partial charge in [0.1, 0.15) is 19.3 Å². The molecule has 0 bridgehead atoms. The van der Waals surface area contributed by atoms with Crippen LogP contribution in [0.4, 0.5) is 0 Å². The molecule has 3 N–H and O–H groups in total. The molecule has 0 aliphatic carbocycles. The molecule has 0 rings (SSSR count). The fourth-order valence-corrected chi connectivity index (χ4v) is 12.0. The molecule has 0 aliphatic heterocycles. The minimum absolute atomic E-state index is 0.0880. The minimum Gasteiger partial charge on any atom is -0.462 e. The van der Waals surface area contributed by atoms with Gasteiger partial charge in [0.2, 0.25) is 0 Å². The van der Waals surface area contributed by atoms with Crippen LogP contribution in [0.3, 0.4) is 0 Å². The van der Waals surface area contributed by atoms with Gasteiger partial charge in [-0.2, -0.15) is 0 Å². The van der Waals surface area contributed by atoms with Crippen molar-refractivity contribution in [2.75, 3.05) is 39.6 Å². The first-order valence-electron chi connectivity index (χ1n) is 37.9. The van der Waals surface area contributed by atoms with E-state index in [0.29, 0.717) is 25.7 Å². The second-order valence-electron chi connectivity index (χ2n) is 25.6. The third-order valence-corrected chi connectivity index (χ3v) is 18.2. The average Bonchev–Trinajstić information content (AvgIpc) is 1.67. The van der Waals surface area contributed by atoms with E-state index in [4.69, 9.17) is 37.0 Å². The molecular weight excluding hydrogens is 1230 g/mol. The molecule has 0 aromatic rings. The number of esters is 4. The number of phosphoric acid groups is 2. The Hall–Kier alpha value is -2.98. The van der Waals surface area contributed by atoms with Crippen LogP contribution in [-0.4, -0.2) is 96.7 Å². The van der Waals surface area contributed by atoms with Gasteiger partial charge in [0, 0.05) is 25.7 Å². The lowest BCUT2D eigenvalue weighted by Crippen LogP contribution is -2.30. The number of ether oxygens (including phenoxy) is 4. The number of aliphatic hydroxyl groups excluding tert-OH is 1. The zero-order valence-electron chi connectivity index (χ0n) is 59.9. The molecule has 0 amide bonds. The van der Waals surface area contributed by atoms with Crippen molar-refractivity contribution in [2.45, 2.75) is 367 Å². The minimum atomic E-state index is -4.97. The van der Waals surface area contributed by atoms with Gasteiger partial charge in [0.05, 0.1) is 26.4 Å². The van der Waals surface area contributed by atoms with Crippen LogP contribution in [0, 0.1) is 0 Å². The van der Waals surface area contributed by atoms with E-state index in [1.165, 1.54) is 122 Å². The Morgan fingerprint density at radius 2 is 0.521 bits per heavy atom. The maximum atomic E-state index is 13.1. The van der Waals surface area contributed by atoms with Crippen LogP contribution in [0.25, 0.3) is 0 Å². The summed E-state index contributed by atoms with van der Waals surface area (Å²) in [5.74, 6) is -2.18. The summed E-state index contributed by atoms with van der Waals surface area (Å²) in [6, 6.07) is 0. The number of allylic oxidation sites excluding steroid dienone is 8. The summed E-state index contributed by atoms with van der Waals surface area (Å²) in [5, 5.41) is 10.6. The normalized spacial score (nSPS) is 14.2. The Bertz CT molecular complexity index is 1980. The summed E-state index contributed by atoms with van der Waals surface area (Å²) >= 11 is 0. The smallest absolute Gasteiger partial charge is 0.462 e. The molecular formula is C75H138O17P2. The molecule has 0 fully saturated rings. The fraction of sp³-hybridized carbons (Fsp3) is 0.840. The van der Waals surface area contributed by atoms with Crippen LogP contribution in [0.1, 0.15) is 349 Å². The highest BCUT2D eigenvalue weighted by molar-refractivity contribution is 7.47. The van der Waals surface area contributed by atoms with Gasteiger partial charge in [-0.1, -0.05) is 263 Å². The summed E-state index contributed by atoms with van der Waals surface area (Å²) in [6.45, 7) is 4.83. The zero-order valence-corrected chi connectivity index (χ0v) is 61.7. The average molecular weight is 1370 g/mol. The van der Waals surface area contributed by atoms with E-state index >= 15 is 0 Å². The van der Waals surface area contributed by atoms with Crippen molar-refractivity contribution in [3.8, 4) is 0 Å². The van der Waals surface area contributed by atoms with E-state index in [1.807, 2.05) is 0 Å². The van der Waals surface area contributed by atoms with Gasteiger partial charge in [0.25, 0.3) is 0 Å². The van der Waals surface area contributed by atoms with Gasteiger partial charge in [-0.25, -0.2) is 9.13 Å². The summed E-state index contributed by atoms with van der Waals surface area (Å²) in [4.78, 5) is 72.7. The number of rotatable bonds is 72. The van der Waals surface area contributed by atoms with E-state index < -0.39 is 97.5 Å². The molecule has 0 spiro atoms. The van der Waals surface area contributed by atoms with Gasteiger partial charge in [-0.05, 0) is 109 Å². The second kappa shape index (κ2) is 68.5. The zero-order chi connectivity index (χ0) is 69.0. The number of hydrogen-bond donors (Lipinski definition) is 3. The Kier molecular flexibility index (Phi) is 66.4. The molecule has 550 valence electrons. The Balaban J connectivity index is 5.32. The second-order valence-corrected chi connectivity index (χ2v) is 28.5. The van der Waals surface area contributed by atoms with Crippen LogP contribution < -0.4 is 0 Å². The molecule has 19 heteroatoms. The fourth-order valence-electron chi connectivity index (χ4n) is 10.4. The summed E-state index contributed by atoms with van der Waals surface area (Å²) in [5.41, 5.74) is 0. The predicted octanol–water partition coefficient (Wildman–Crippen LogP) is 21.3.